The van der Waals surface area contributed by atoms with E-state index >= 15 is 0 Å². The number of aromatic nitrogens is 2. The molecule has 0 aromatic carbocycles. The second kappa shape index (κ2) is 4.04. The zero-order valence-corrected chi connectivity index (χ0v) is 8.20. The summed E-state index contributed by atoms with van der Waals surface area (Å²) in [6.45, 7) is -3.51. The lowest BCUT2D eigenvalue weighted by Crippen LogP contribution is -2.18. The number of hydrogen-bond donors (Lipinski definition) is 0. The third-order valence-corrected chi connectivity index (χ3v) is 2.41. The Labute approximate surface area is 100 Å². The highest BCUT2D eigenvalue weighted by Gasteiger charge is 2.35. The molecule has 15 heavy (non-hydrogen) atoms. The first kappa shape index (κ1) is 4.28. The minimum Gasteiger partial charge on any atom is -0.465 e. The Kier molecular flexibility index (Phi) is 1.15. The van der Waals surface area contributed by atoms with Crippen LogP contribution in [0.5, 0.6) is 0 Å². The second-order valence-electron chi connectivity index (χ2n) is 3.37. The quantitative estimate of drug-likeness (QED) is 0.712. The molecule has 4 nitrogen and oxygen atoms in total. The molecule has 1 aromatic rings. The highest BCUT2D eigenvalue weighted by molar-refractivity contribution is 5.74. The van der Waals surface area contributed by atoms with Gasteiger partial charge in [-0.2, -0.15) is 0 Å². The molecule has 0 N–H and O–H groups in total. The van der Waals surface area contributed by atoms with E-state index in [-0.39, 0.29) is 31.2 Å². The van der Waals surface area contributed by atoms with Crippen LogP contribution < -0.4 is 0 Å². The van der Waals surface area contributed by atoms with Crippen LogP contribution in [0.15, 0.2) is 12.5 Å². The number of rotatable bonds is 3. The third kappa shape index (κ3) is 1.89. The van der Waals surface area contributed by atoms with Gasteiger partial charge in [0.25, 0.3) is 0 Å². The van der Waals surface area contributed by atoms with Gasteiger partial charge in [-0.3, -0.25) is 4.79 Å². The van der Waals surface area contributed by atoms with Crippen molar-refractivity contribution < 1.29 is 20.5 Å². The van der Waals surface area contributed by atoms with E-state index in [4.69, 9.17) is 15.7 Å². The van der Waals surface area contributed by atoms with Crippen LogP contribution in [0.3, 0.4) is 0 Å². The molecule has 0 spiro atoms. The Hall–Kier alpha value is -1.32. The molecule has 0 radical (unpaired) electrons. The summed E-state index contributed by atoms with van der Waals surface area (Å²) >= 11 is 0. The Morgan fingerprint density at radius 3 is 3.53 bits per heavy atom. The molecule has 1 aliphatic heterocycles. The molecule has 0 saturated carbocycles. The van der Waals surface area contributed by atoms with Gasteiger partial charge >= 0.3 is 5.97 Å². The average Bonchev–Trinajstić information content (AvgIpc) is 2.83. The zero-order valence-electron chi connectivity index (χ0n) is 16.2. The number of nitrogens with zero attached hydrogens (tertiary/aromatic N) is 2. The summed E-state index contributed by atoms with van der Waals surface area (Å²) in [6.07, 6.45) is -3.70. The summed E-state index contributed by atoms with van der Waals surface area (Å²) in [4.78, 5) is 15.6. The van der Waals surface area contributed by atoms with Crippen LogP contribution in [0.4, 0.5) is 0 Å². The average molecular weight is 216 g/mol. The molecule has 1 fully saturated rings. The van der Waals surface area contributed by atoms with Gasteiger partial charge < -0.3 is 9.30 Å². The number of ether oxygens (including phenoxy) is 1. The molecule has 0 unspecified atom stereocenters. The first-order chi connectivity index (χ1) is 10.3. The number of esters is 1. The van der Waals surface area contributed by atoms with Crippen molar-refractivity contribution in [2.45, 2.75) is 19.6 Å². The van der Waals surface area contributed by atoms with Crippen LogP contribution in [-0.2, 0) is 23.0 Å². The number of carbonyl (C=O) groups excluding carboxylic acids is 1. The summed E-state index contributed by atoms with van der Waals surface area (Å²) in [5, 5.41) is 0. The molecule has 1 saturated heterocycles. The number of imidazole rings is 1. The first-order valence-electron chi connectivity index (χ1n) is 8.50. The van der Waals surface area contributed by atoms with Crippen LogP contribution in [0.2, 0.25) is 0 Å². The molecule has 0 amide bonds. The summed E-state index contributed by atoms with van der Waals surface area (Å²) in [5.41, 5.74) is 0.219. The van der Waals surface area contributed by atoms with Crippen molar-refractivity contribution in [2.75, 3.05) is 6.61 Å². The first-order valence-corrected chi connectivity index (χ1v) is 4.50. The fraction of sp³-hybridized carbons (Fsp3) is 0.636. The minimum atomic E-state index is -3.19. The van der Waals surface area contributed by atoms with Crippen LogP contribution in [0.1, 0.15) is 29.9 Å². The maximum Gasteiger partial charge on any atom is 0.309 e. The normalized spacial score (nSPS) is 40.1. The van der Waals surface area contributed by atoms with Crippen molar-refractivity contribution in [1.82, 2.24) is 9.55 Å². The van der Waals surface area contributed by atoms with E-state index in [1.807, 2.05) is 0 Å². The lowest BCUT2D eigenvalue weighted by Gasteiger charge is -2.12. The van der Waals surface area contributed by atoms with E-state index in [2.05, 4.69) is 4.98 Å². The Morgan fingerprint density at radius 1 is 2.00 bits per heavy atom. The van der Waals surface area contributed by atoms with Crippen molar-refractivity contribution in [3.8, 4) is 0 Å². The van der Waals surface area contributed by atoms with Crippen molar-refractivity contribution in [3.05, 3.63) is 18.2 Å². The fourth-order valence-corrected chi connectivity index (χ4v) is 1.53. The van der Waals surface area contributed by atoms with Gasteiger partial charge in [-0.1, -0.05) is 6.85 Å². The SMILES string of the molecule is [2H]c1nc([2H])n(C)c1C[C@H]1COC(=O)[C@@]1([2H])C([2H])([2H])C([2H])([2H])[2H]. The van der Waals surface area contributed by atoms with Gasteiger partial charge in [-0.05, 0) is 12.8 Å². The highest BCUT2D eigenvalue weighted by Crippen LogP contribution is 2.27. The van der Waals surface area contributed by atoms with Crippen molar-refractivity contribution in [1.29, 1.82) is 0 Å². The van der Waals surface area contributed by atoms with Crippen molar-refractivity contribution in [3.63, 3.8) is 0 Å². The lowest BCUT2D eigenvalue weighted by atomic mass is 9.89. The third-order valence-electron chi connectivity index (χ3n) is 2.41. The molecular formula is C11H16N2O2. The fourth-order valence-electron chi connectivity index (χ4n) is 1.53. The Bertz CT molecular complexity index is 641. The number of cyclic esters (lactones) is 1. The molecule has 2 atom stereocenters. The van der Waals surface area contributed by atoms with Crippen LogP contribution in [0, 0.1) is 11.8 Å². The lowest BCUT2D eigenvalue weighted by molar-refractivity contribution is -0.141. The minimum absolute atomic E-state index is 0.161. The molecule has 0 bridgehead atoms. The monoisotopic (exact) mass is 216 g/mol. The van der Waals surface area contributed by atoms with Gasteiger partial charge in [0.1, 0.15) is 1.37 Å². The topological polar surface area (TPSA) is 44.1 Å². The Morgan fingerprint density at radius 2 is 2.87 bits per heavy atom. The van der Waals surface area contributed by atoms with E-state index in [0.717, 1.165) is 0 Å². The van der Waals surface area contributed by atoms with Gasteiger partial charge in [0.15, 0.2) is 0 Å². The molecule has 1 aliphatic rings. The van der Waals surface area contributed by atoms with Crippen LogP contribution in [0.25, 0.3) is 0 Å². The molecule has 0 aliphatic carbocycles. The van der Waals surface area contributed by atoms with Crippen molar-refractivity contribution >= 4 is 5.97 Å². The van der Waals surface area contributed by atoms with Gasteiger partial charge in [-0.25, -0.2) is 4.98 Å². The van der Waals surface area contributed by atoms with Crippen molar-refractivity contribution in [2.24, 2.45) is 18.9 Å². The Balaban J connectivity index is 2.44. The summed E-state index contributed by atoms with van der Waals surface area (Å²) < 4.78 is 67.1. The molecule has 82 valence electrons. The summed E-state index contributed by atoms with van der Waals surface area (Å²) in [7, 11) is 1.48. The smallest absolute Gasteiger partial charge is 0.309 e. The largest absolute Gasteiger partial charge is 0.465 e. The zero-order chi connectivity index (χ0) is 17.8. The number of carbonyl (C=O) groups is 1. The predicted molar refractivity (Wildman–Crippen MR) is 55.1 cm³/mol. The summed E-state index contributed by atoms with van der Waals surface area (Å²) in [5.74, 6) is -4.97. The predicted octanol–water partition coefficient (Wildman–Crippen LogP) is 1.16. The van der Waals surface area contributed by atoms with E-state index < -0.39 is 31.0 Å². The standard InChI is InChI=1S/C11H16N2O2/c1-3-10-8(6-15-11(10)14)4-9-5-12-7-13(9)2/h5,7-8,10H,3-4,6H2,1-2H3/t8-,10-/m0/s1/i1D3,3D2,5D,7D,10D. The molecular weight excluding hydrogens is 192 g/mol. The van der Waals surface area contributed by atoms with Gasteiger partial charge in [0.2, 0.25) is 0 Å². The van der Waals surface area contributed by atoms with E-state index in [1.54, 1.807) is 0 Å². The van der Waals surface area contributed by atoms with Crippen LogP contribution in [-0.4, -0.2) is 22.1 Å². The van der Waals surface area contributed by atoms with Crippen LogP contribution >= 0.6 is 0 Å². The van der Waals surface area contributed by atoms with E-state index in [9.17, 15) is 4.79 Å². The maximum absolute atomic E-state index is 12.0. The van der Waals surface area contributed by atoms with E-state index in [0.29, 0.717) is 0 Å². The molecule has 1 aromatic heterocycles. The molecule has 2 heterocycles. The molecule has 2 rings (SSSR count). The van der Waals surface area contributed by atoms with Gasteiger partial charge in [0, 0.05) is 33.1 Å². The van der Waals surface area contributed by atoms with Gasteiger partial charge in [0.05, 0.1) is 20.2 Å². The highest BCUT2D eigenvalue weighted by atomic mass is 16.5. The second-order valence-corrected chi connectivity index (χ2v) is 3.37. The van der Waals surface area contributed by atoms with Gasteiger partial charge in [-0.15, -0.1) is 0 Å². The number of hydrogen-bond acceptors (Lipinski definition) is 3. The summed E-state index contributed by atoms with van der Waals surface area (Å²) in [6, 6.07) is 0. The van der Waals surface area contributed by atoms with E-state index in [1.165, 1.54) is 11.6 Å². The maximum atomic E-state index is 12.0. The molecule has 4 heteroatoms.